The van der Waals surface area contributed by atoms with Crippen LogP contribution in [-0.4, -0.2) is 39.9 Å². The van der Waals surface area contributed by atoms with Crippen LogP contribution in [0.5, 0.6) is 0 Å². The van der Waals surface area contributed by atoms with E-state index in [2.05, 4.69) is 10.3 Å². The van der Waals surface area contributed by atoms with Crippen molar-refractivity contribution in [1.82, 2.24) is 9.38 Å². The molecule has 0 aliphatic heterocycles. The number of fused-ring (bicyclic) bond motifs is 2. The predicted molar refractivity (Wildman–Crippen MR) is 120 cm³/mol. The van der Waals surface area contributed by atoms with Gasteiger partial charge >= 0.3 is 11.9 Å². The van der Waals surface area contributed by atoms with Crippen molar-refractivity contribution in [3.63, 3.8) is 0 Å². The van der Waals surface area contributed by atoms with Gasteiger partial charge in [0.1, 0.15) is 10.6 Å². The maximum atomic E-state index is 12.8. The van der Waals surface area contributed by atoms with Gasteiger partial charge in [-0.2, -0.15) is 0 Å². The summed E-state index contributed by atoms with van der Waals surface area (Å²) in [7, 11) is 0. The van der Waals surface area contributed by atoms with Gasteiger partial charge in [0, 0.05) is 16.8 Å². The number of aromatic nitrogens is 2. The number of imidazole rings is 1. The number of aryl methyl sites for hydroxylation is 2. The van der Waals surface area contributed by atoms with E-state index in [1.807, 2.05) is 19.1 Å². The molecule has 1 amide bonds. The number of esters is 2. The Morgan fingerprint density at radius 3 is 2.75 bits per heavy atom. The molecule has 0 fully saturated rings. The largest absolute Gasteiger partial charge is 0.462 e. The first-order chi connectivity index (χ1) is 15.4. The Balaban J connectivity index is 1.50. The average Bonchev–Trinajstić information content (AvgIpc) is 3.36. The Bertz CT molecular complexity index is 1200. The van der Waals surface area contributed by atoms with Crippen LogP contribution >= 0.6 is 11.3 Å². The highest BCUT2D eigenvalue weighted by atomic mass is 32.1. The van der Waals surface area contributed by atoms with Crippen LogP contribution in [0.1, 0.15) is 63.7 Å². The number of hydrogen-bond donors (Lipinski definition) is 1. The summed E-state index contributed by atoms with van der Waals surface area (Å²) >= 11 is 1.39. The molecule has 8 nitrogen and oxygen atoms in total. The van der Waals surface area contributed by atoms with Crippen molar-refractivity contribution < 1.29 is 23.9 Å². The molecule has 3 aromatic rings. The molecule has 3 aromatic heterocycles. The molecule has 1 unspecified atom stereocenters. The van der Waals surface area contributed by atoms with E-state index in [0.29, 0.717) is 16.2 Å². The zero-order chi connectivity index (χ0) is 22.8. The fraction of sp³-hybridized carbons (Fsp3) is 0.391. The van der Waals surface area contributed by atoms with E-state index in [0.717, 1.165) is 41.8 Å². The summed E-state index contributed by atoms with van der Waals surface area (Å²) in [6, 6.07) is 5.54. The topological polar surface area (TPSA) is 99.0 Å². The minimum Gasteiger partial charge on any atom is -0.462 e. The van der Waals surface area contributed by atoms with Gasteiger partial charge in [0.05, 0.1) is 12.2 Å². The first kappa shape index (κ1) is 22.0. The second-order valence-electron chi connectivity index (χ2n) is 7.69. The van der Waals surface area contributed by atoms with Crippen LogP contribution in [-0.2, 0) is 27.1 Å². The van der Waals surface area contributed by atoms with Gasteiger partial charge in [-0.05, 0) is 64.2 Å². The third kappa shape index (κ3) is 4.25. The molecule has 168 valence electrons. The number of thiophene rings is 1. The second kappa shape index (κ2) is 9.12. The van der Waals surface area contributed by atoms with Crippen LogP contribution in [0.4, 0.5) is 5.00 Å². The van der Waals surface area contributed by atoms with E-state index in [1.54, 1.807) is 23.6 Å². The molecule has 0 spiro atoms. The maximum Gasteiger partial charge on any atom is 0.359 e. The lowest BCUT2D eigenvalue weighted by atomic mass is 9.95. The van der Waals surface area contributed by atoms with Gasteiger partial charge in [-0.1, -0.05) is 6.07 Å². The van der Waals surface area contributed by atoms with Crippen LogP contribution in [0.2, 0.25) is 0 Å². The quantitative estimate of drug-likeness (QED) is 0.565. The molecule has 4 rings (SSSR count). The highest BCUT2D eigenvalue weighted by molar-refractivity contribution is 7.17. The summed E-state index contributed by atoms with van der Waals surface area (Å²) in [5.74, 6) is -1.64. The van der Waals surface area contributed by atoms with Crippen molar-refractivity contribution in [1.29, 1.82) is 0 Å². The Morgan fingerprint density at radius 1 is 1.22 bits per heavy atom. The van der Waals surface area contributed by atoms with Crippen LogP contribution in [0, 0.1) is 6.92 Å². The predicted octanol–water partition coefficient (Wildman–Crippen LogP) is 3.94. The maximum absolute atomic E-state index is 12.8. The molecule has 1 aliphatic rings. The number of carbonyl (C=O) groups is 3. The lowest BCUT2D eigenvalue weighted by Crippen LogP contribution is -2.30. The van der Waals surface area contributed by atoms with E-state index in [1.165, 1.54) is 18.3 Å². The number of amides is 1. The van der Waals surface area contributed by atoms with Crippen LogP contribution in [0.25, 0.3) is 5.65 Å². The monoisotopic (exact) mass is 455 g/mol. The summed E-state index contributed by atoms with van der Waals surface area (Å²) in [6.07, 6.45) is 4.23. The molecular formula is C23H25N3O5S. The fourth-order valence-corrected chi connectivity index (χ4v) is 5.09. The Morgan fingerprint density at radius 2 is 2.00 bits per heavy atom. The third-order valence-electron chi connectivity index (χ3n) is 5.45. The molecule has 1 aliphatic carbocycles. The zero-order valence-corrected chi connectivity index (χ0v) is 19.1. The first-order valence-electron chi connectivity index (χ1n) is 10.7. The van der Waals surface area contributed by atoms with Gasteiger partial charge in [-0.15, -0.1) is 11.3 Å². The lowest BCUT2D eigenvalue weighted by Gasteiger charge is -2.14. The van der Waals surface area contributed by atoms with Gasteiger partial charge in [0.2, 0.25) is 0 Å². The molecule has 0 bridgehead atoms. The lowest BCUT2D eigenvalue weighted by molar-refractivity contribution is -0.123. The summed E-state index contributed by atoms with van der Waals surface area (Å²) < 4.78 is 12.3. The third-order valence-corrected chi connectivity index (χ3v) is 6.65. The Labute approximate surface area is 189 Å². The first-order valence-corrected chi connectivity index (χ1v) is 11.5. The highest BCUT2D eigenvalue weighted by Crippen LogP contribution is 2.38. The summed E-state index contributed by atoms with van der Waals surface area (Å²) in [5.41, 5.74) is 3.05. The molecule has 9 heteroatoms. The summed E-state index contributed by atoms with van der Waals surface area (Å²) in [5, 5.41) is 3.23. The Hall–Kier alpha value is -3.20. The molecule has 1 atom stereocenters. The van der Waals surface area contributed by atoms with E-state index in [4.69, 9.17) is 9.47 Å². The minimum atomic E-state index is -1.07. The molecule has 0 saturated carbocycles. The summed E-state index contributed by atoms with van der Waals surface area (Å²) in [4.78, 5) is 43.3. The number of ether oxygens (including phenoxy) is 2. The van der Waals surface area contributed by atoms with Crippen molar-refractivity contribution in [3.8, 4) is 0 Å². The van der Waals surface area contributed by atoms with Crippen molar-refractivity contribution >= 4 is 39.8 Å². The van der Waals surface area contributed by atoms with Crippen molar-refractivity contribution in [2.24, 2.45) is 0 Å². The number of nitrogens with zero attached hydrogens (tertiary/aromatic N) is 2. The standard InChI is InChI=1S/C23H25N3O5S/c1-4-30-23(29)19-15-9-5-6-10-17(15)32-21(19)25-20(27)14(3)31-22(28)16-12-26-13(2)8-7-11-18(26)24-16/h7-8,11-12,14H,4-6,9-10H2,1-3H3,(H,25,27). The smallest absolute Gasteiger partial charge is 0.359 e. The van der Waals surface area contributed by atoms with Gasteiger partial charge in [-0.25, -0.2) is 14.6 Å². The number of pyridine rings is 1. The number of nitrogens with one attached hydrogen (secondary N) is 1. The van der Waals surface area contributed by atoms with Gasteiger partial charge in [0.25, 0.3) is 5.91 Å². The molecular weight excluding hydrogens is 430 g/mol. The number of carbonyl (C=O) groups excluding carboxylic acids is 3. The van der Waals surface area contributed by atoms with Gasteiger partial charge < -0.3 is 19.2 Å². The minimum absolute atomic E-state index is 0.123. The normalized spacial score (nSPS) is 14.0. The van der Waals surface area contributed by atoms with Gasteiger partial charge in [-0.3, -0.25) is 4.79 Å². The summed E-state index contributed by atoms with van der Waals surface area (Å²) in [6.45, 7) is 5.40. The average molecular weight is 456 g/mol. The van der Waals surface area contributed by atoms with E-state index in [9.17, 15) is 14.4 Å². The van der Waals surface area contributed by atoms with E-state index < -0.39 is 23.9 Å². The molecule has 0 aromatic carbocycles. The second-order valence-corrected chi connectivity index (χ2v) is 8.80. The van der Waals surface area contributed by atoms with Crippen LogP contribution in [0.15, 0.2) is 24.4 Å². The highest BCUT2D eigenvalue weighted by Gasteiger charge is 2.29. The SMILES string of the molecule is CCOC(=O)c1c(NC(=O)C(C)OC(=O)c2cn3c(C)cccc3n2)sc2c1CCCC2. The zero-order valence-electron chi connectivity index (χ0n) is 18.3. The van der Waals surface area contributed by atoms with Crippen LogP contribution < -0.4 is 5.32 Å². The van der Waals surface area contributed by atoms with Gasteiger partial charge in [0.15, 0.2) is 11.8 Å². The van der Waals surface area contributed by atoms with Crippen molar-refractivity contribution in [2.75, 3.05) is 11.9 Å². The number of rotatable bonds is 6. The fourth-order valence-electron chi connectivity index (χ4n) is 3.81. The number of hydrogen-bond acceptors (Lipinski definition) is 7. The van der Waals surface area contributed by atoms with E-state index >= 15 is 0 Å². The molecule has 3 heterocycles. The number of anilines is 1. The molecule has 32 heavy (non-hydrogen) atoms. The molecule has 0 saturated heterocycles. The molecule has 1 N–H and O–H groups in total. The Kier molecular flexibility index (Phi) is 6.27. The van der Waals surface area contributed by atoms with E-state index in [-0.39, 0.29) is 12.3 Å². The van der Waals surface area contributed by atoms with Crippen molar-refractivity contribution in [2.45, 2.75) is 52.6 Å². The molecule has 0 radical (unpaired) electrons. The van der Waals surface area contributed by atoms with Crippen LogP contribution in [0.3, 0.4) is 0 Å². The van der Waals surface area contributed by atoms with Crippen molar-refractivity contribution in [3.05, 3.63) is 51.8 Å².